The Morgan fingerprint density at radius 2 is 2.62 bits per heavy atom. The van der Waals surface area contributed by atoms with Gasteiger partial charge in [0.05, 0.1) is 11.9 Å². The van der Waals surface area contributed by atoms with Gasteiger partial charge < -0.3 is 15.6 Å². The van der Waals surface area contributed by atoms with Crippen molar-refractivity contribution >= 4 is 12.2 Å². The van der Waals surface area contributed by atoms with Crippen molar-refractivity contribution < 1.29 is 4.79 Å². The lowest BCUT2D eigenvalue weighted by Crippen LogP contribution is -2.26. The van der Waals surface area contributed by atoms with Crippen molar-refractivity contribution in [3.63, 3.8) is 0 Å². The highest BCUT2D eigenvalue weighted by atomic mass is 16.1. The molecule has 1 fully saturated rings. The maximum Gasteiger partial charge on any atom is 0.203 e. The summed E-state index contributed by atoms with van der Waals surface area (Å²) in [6.07, 6.45) is 3.27. The van der Waals surface area contributed by atoms with Crippen LogP contribution in [0.25, 0.3) is 0 Å². The Hall–Kier alpha value is -1.36. The number of rotatable bonds is 2. The highest BCUT2D eigenvalue weighted by Crippen LogP contribution is 2.14. The van der Waals surface area contributed by atoms with Gasteiger partial charge in [0.15, 0.2) is 6.29 Å². The number of nitrogens with one attached hydrogen (secondary N) is 1. The summed E-state index contributed by atoms with van der Waals surface area (Å²) in [5, 5.41) is 0. The van der Waals surface area contributed by atoms with E-state index in [1.165, 1.54) is 6.20 Å². The van der Waals surface area contributed by atoms with E-state index < -0.39 is 0 Å². The van der Waals surface area contributed by atoms with Crippen LogP contribution in [0, 0.1) is 0 Å². The lowest BCUT2D eigenvalue weighted by atomic mass is 10.3. The smallest absolute Gasteiger partial charge is 0.203 e. The molecule has 1 aliphatic heterocycles. The third kappa shape index (κ3) is 1.55. The minimum Gasteiger partial charge on any atom is -0.341 e. The van der Waals surface area contributed by atoms with Gasteiger partial charge in [-0.25, -0.2) is 4.98 Å². The summed E-state index contributed by atoms with van der Waals surface area (Å²) >= 11 is 0. The summed E-state index contributed by atoms with van der Waals surface area (Å²) in [6.45, 7) is 1.72. The van der Waals surface area contributed by atoms with Gasteiger partial charge >= 0.3 is 0 Å². The minimum atomic E-state index is 0.227. The average Bonchev–Trinajstić information content (AvgIpc) is 2.71. The van der Waals surface area contributed by atoms with Crippen molar-refractivity contribution in [3.8, 4) is 0 Å². The van der Waals surface area contributed by atoms with Crippen molar-refractivity contribution in [2.24, 2.45) is 5.73 Å². The Bertz CT molecular complexity index is 309. The molecule has 1 aromatic heterocycles. The summed E-state index contributed by atoms with van der Waals surface area (Å²) in [5.41, 5.74) is 6.26. The third-order valence-corrected chi connectivity index (χ3v) is 2.23. The van der Waals surface area contributed by atoms with Crippen LogP contribution in [0.2, 0.25) is 0 Å². The summed E-state index contributed by atoms with van der Waals surface area (Å²) in [6, 6.07) is 0.227. The lowest BCUT2D eigenvalue weighted by molar-refractivity contribution is 0.111. The van der Waals surface area contributed by atoms with Gasteiger partial charge in [-0.1, -0.05) is 0 Å². The van der Waals surface area contributed by atoms with Crippen LogP contribution in [0.1, 0.15) is 16.9 Å². The first-order chi connectivity index (χ1) is 6.29. The third-order valence-electron chi connectivity index (χ3n) is 2.23. The van der Waals surface area contributed by atoms with Crippen LogP contribution in [-0.2, 0) is 0 Å². The zero-order valence-corrected chi connectivity index (χ0v) is 7.23. The van der Waals surface area contributed by atoms with Gasteiger partial charge in [0.2, 0.25) is 5.95 Å². The molecule has 0 aromatic carbocycles. The Labute approximate surface area is 75.9 Å². The molecule has 1 aliphatic rings. The number of hydrogen-bond donors (Lipinski definition) is 2. The molecule has 2 heterocycles. The lowest BCUT2D eigenvalue weighted by Gasteiger charge is -2.13. The molecule has 0 amide bonds. The molecule has 13 heavy (non-hydrogen) atoms. The molecule has 0 aliphatic carbocycles. The number of aldehydes is 1. The second kappa shape index (κ2) is 3.18. The Morgan fingerprint density at radius 1 is 1.77 bits per heavy atom. The van der Waals surface area contributed by atoms with Crippen LogP contribution < -0.4 is 10.6 Å². The van der Waals surface area contributed by atoms with Crippen LogP contribution >= 0.6 is 0 Å². The van der Waals surface area contributed by atoms with E-state index in [1.54, 1.807) is 0 Å². The van der Waals surface area contributed by atoms with Gasteiger partial charge in [-0.3, -0.25) is 4.79 Å². The number of aromatic nitrogens is 2. The van der Waals surface area contributed by atoms with Crippen molar-refractivity contribution in [3.05, 3.63) is 11.9 Å². The number of H-pyrrole nitrogens is 1. The van der Waals surface area contributed by atoms with Crippen LogP contribution in [0.3, 0.4) is 0 Å². The van der Waals surface area contributed by atoms with E-state index in [0.29, 0.717) is 5.69 Å². The van der Waals surface area contributed by atoms with E-state index in [1.807, 2.05) is 0 Å². The van der Waals surface area contributed by atoms with Crippen LogP contribution in [0.5, 0.6) is 0 Å². The van der Waals surface area contributed by atoms with Crippen LogP contribution in [0.4, 0.5) is 5.95 Å². The summed E-state index contributed by atoms with van der Waals surface area (Å²) < 4.78 is 0. The van der Waals surface area contributed by atoms with E-state index in [2.05, 4.69) is 14.9 Å². The summed E-state index contributed by atoms with van der Waals surface area (Å²) in [4.78, 5) is 19.4. The Balaban J connectivity index is 2.12. The molecule has 5 nitrogen and oxygen atoms in total. The molecular formula is C8H12N4O. The predicted molar refractivity (Wildman–Crippen MR) is 48.8 cm³/mol. The Kier molecular flexibility index (Phi) is 2.02. The van der Waals surface area contributed by atoms with Gasteiger partial charge in [-0.2, -0.15) is 0 Å². The molecule has 0 saturated carbocycles. The van der Waals surface area contributed by atoms with Crippen molar-refractivity contribution in [1.29, 1.82) is 0 Å². The van der Waals surface area contributed by atoms with Crippen LogP contribution in [0.15, 0.2) is 6.20 Å². The predicted octanol–water partition coefficient (Wildman–Crippen LogP) is -0.240. The number of imidazole rings is 1. The number of carbonyl (C=O) groups is 1. The van der Waals surface area contributed by atoms with Crippen LogP contribution in [-0.4, -0.2) is 35.4 Å². The average molecular weight is 180 g/mol. The first-order valence-corrected chi connectivity index (χ1v) is 4.30. The molecule has 0 spiro atoms. The minimum absolute atomic E-state index is 0.227. The molecule has 1 unspecified atom stereocenters. The molecule has 5 heteroatoms. The van der Waals surface area contributed by atoms with Crippen molar-refractivity contribution in [2.45, 2.75) is 12.5 Å². The van der Waals surface area contributed by atoms with Gasteiger partial charge in [0.25, 0.3) is 0 Å². The van der Waals surface area contributed by atoms with E-state index in [9.17, 15) is 4.79 Å². The maximum atomic E-state index is 10.4. The number of anilines is 1. The molecule has 2 rings (SSSR count). The molecule has 1 saturated heterocycles. The second-order valence-corrected chi connectivity index (χ2v) is 3.27. The maximum absolute atomic E-state index is 10.4. The SMILES string of the molecule is NC1CCN(c2ncc(C=O)[nH]2)C1. The zero-order valence-electron chi connectivity index (χ0n) is 7.23. The van der Waals surface area contributed by atoms with Gasteiger partial charge in [-0.05, 0) is 6.42 Å². The Morgan fingerprint density at radius 3 is 3.15 bits per heavy atom. The molecule has 1 atom stereocenters. The topological polar surface area (TPSA) is 75.0 Å². The summed E-state index contributed by atoms with van der Waals surface area (Å²) in [5.74, 6) is 0.745. The number of carbonyl (C=O) groups excluding carboxylic acids is 1. The van der Waals surface area contributed by atoms with Gasteiger partial charge in [0, 0.05) is 19.1 Å². The quantitative estimate of drug-likeness (QED) is 0.616. The summed E-state index contributed by atoms with van der Waals surface area (Å²) in [7, 11) is 0. The number of aromatic amines is 1. The highest BCUT2D eigenvalue weighted by molar-refractivity contribution is 5.72. The van der Waals surface area contributed by atoms with E-state index in [-0.39, 0.29) is 6.04 Å². The highest BCUT2D eigenvalue weighted by Gasteiger charge is 2.21. The number of hydrogen-bond acceptors (Lipinski definition) is 4. The standard InChI is InChI=1S/C8H12N4O/c9-6-1-2-12(4-6)8-10-3-7(5-13)11-8/h3,5-6H,1-2,4,9H2,(H,10,11). The van der Waals surface area contributed by atoms with Gasteiger partial charge in [0.1, 0.15) is 0 Å². The fourth-order valence-electron chi connectivity index (χ4n) is 1.52. The first kappa shape index (κ1) is 8.25. The molecule has 1 aromatic rings. The van der Waals surface area contributed by atoms with Crippen molar-refractivity contribution in [2.75, 3.05) is 18.0 Å². The van der Waals surface area contributed by atoms with E-state index in [4.69, 9.17) is 5.73 Å². The monoisotopic (exact) mass is 180 g/mol. The van der Waals surface area contributed by atoms with Crippen molar-refractivity contribution in [1.82, 2.24) is 9.97 Å². The first-order valence-electron chi connectivity index (χ1n) is 4.30. The molecule has 0 bridgehead atoms. The fourth-order valence-corrected chi connectivity index (χ4v) is 1.52. The van der Waals surface area contributed by atoms with E-state index in [0.717, 1.165) is 31.7 Å². The number of nitrogens with two attached hydrogens (primary N) is 1. The fraction of sp³-hybridized carbons (Fsp3) is 0.500. The zero-order chi connectivity index (χ0) is 9.26. The molecular weight excluding hydrogens is 168 g/mol. The molecule has 0 radical (unpaired) electrons. The van der Waals surface area contributed by atoms with E-state index >= 15 is 0 Å². The number of nitrogens with zero attached hydrogens (tertiary/aromatic N) is 2. The molecule has 3 N–H and O–H groups in total. The normalized spacial score (nSPS) is 22.2. The second-order valence-electron chi connectivity index (χ2n) is 3.27. The largest absolute Gasteiger partial charge is 0.341 e. The van der Waals surface area contributed by atoms with Gasteiger partial charge in [-0.15, -0.1) is 0 Å². The molecule has 70 valence electrons.